The van der Waals surface area contributed by atoms with Gasteiger partial charge in [0.1, 0.15) is 5.76 Å². The van der Waals surface area contributed by atoms with Gasteiger partial charge in [-0.15, -0.1) is 0 Å². The van der Waals surface area contributed by atoms with Crippen LogP contribution in [0.3, 0.4) is 0 Å². The molecule has 72 valence electrons. The number of carbonyl (C=O) groups excluding carboxylic acids is 1. The molecule has 0 spiro atoms. The molecule has 0 aliphatic heterocycles. The van der Waals surface area contributed by atoms with Crippen LogP contribution in [0, 0.1) is 0 Å². The summed E-state index contributed by atoms with van der Waals surface area (Å²) in [6.45, 7) is 1.89. The van der Waals surface area contributed by atoms with E-state index in [2.05, 4.69) is 21.2 Å². The zero-order chi connectivity index (χ0) is 9.68. The Labute approximate surface area is 85.6 Å². The van der Waals surface area contributed by atoms with Gasteiger partial charge in [0.2, 0.25) is 5.91 Å². The average Bonchev–Trinajstić information content (AvgIpc) is 2.55. The Bertz CT molecular complexity index is 259. The van der Waals surface area contributed by atoms with E-state index < -0.39 is 0 Å². The molecule has 1 N–H and O–H groups in total. The molecule has 1 aromatic rings. The fourth-order valence-electron chi connectivity index (χ4n) is 1.01. The van der Waals surface area contributed by atoms with Crippen molar-refractivity contribution < 1.29 is 9.21 Å². The van der Waals surface area contributed by atoms with E-state index in [1.807, 2.05) is 19.1 Å². The second kappa shape index (κ2) is 5.07. The molecule has 0 aliphatic carbocycles. The van der Waals surface area contributed by atoms with E-state index in [1.54, 1.807) is 6.26 Å². The van der Waals surface area contributed by atoms with Gasteiger partial charge in [0.05, 0.1) is 12.3 Å². The van der Waals surface area contributed by atoms with Crippen LogP contribution in [0.4, 0.5) is 0 Å². The number of alkyl halides is 1. The van der Waals surface area contributed by atoms with Crippen molar-refractivity contribution in [2.45, 2.75) is 19.4 Å². The second-order valence-corrected chi connectivity index (χ2v) is 3.54. The van der Waals surface area contributed by atoms with Crippen molar-refractivity contribution in [3.8, 4) is 0 Å². The van der Waals surface area contributed by atoms with Crippen LogP contribution in [0.25, 0.3) is 0 Å². The number of rotatable bonds is 4. The highest BCUT2D eigenvalue weighted by molar-refractivity contribution is 9.09. The number of furan rings is 1. The van der Waals surface area contributed by atoms with E-state index >= 15 is 0 Å². The molecule has 0 fully saturated rings. The normalized spacial score (nSPS) is 12.5. The Kier molecular flexibility index (Phi) is 4.02. The molecule has 0 aliphatic rings. The Morgan fingerprint density at radius 3 is 3.08 bits per heavy atom. The quantitative estimate of drug-likeness (QED) is 0.828. The number of amides is 1. The third-order valence-corrected chi connectivity index (χ3v) is 2.07. The third kappa shape index (κ3) is 3.22. The van der Waals surface area contributed by atoms with Crippen LogP contribution in [0.1, 0.15) is 25.1 Å². The standard InChI is InChI=1S/C9H12BrNO2/c1-7(8-3-2-6-13-8)11-9(12)4-5-10/h2-3,6-7H,4-5H2,1H3,(H,11,12)/t7-/m0/s1. The van der Waals surface area contributed by atoms with Crippen LogP contribution in [0.15, 0.2) is 22.8 Å². The van der Waals surface area contributed by atoms with Gasteiger partial charge in [0.25, 0.3) is 0 Å². The van der Waals surface area contributed by atoms with Gasteiger partial charge in [0.15, 0.2) is 0 Å². The molecule has 0 saturated carbocycles. The van der Waals surface area contributed by atoms with Gasteiger partial charge in [-0.1, -0.05) is 15.9 Å². The fraction of sp³-hybridized carbons (Fsp3) is 0.444. The minimum absolute atomic E-state index is 0.0285. The Balaban J connectivity index is 2.42. The van der Waals surface area contributed by atoms with E-state index in [0.717, 1.165) is 5.76 Å². The number of nitrogens with one attached hydrogen (secondary N) is 1. The molecule has 1 atom stereocenters. The second-order valence-electron chi connectivity index (χ2n) is 2.74. The summed E-state index contributed by atoms with van der Waals surface area (Å²) >= 11 is 3.20. The lowest BCUT2D eigenvalue weighted by Gasteiger charge is -2.10. The van der Waals surface area contributed by atoms with Gasteiger partial charge >= 0.3 is 0 Å². The maximum atomic E-state index is 11.2. The van der Waals surface area contributed by atoms with Crippen molar-refractivity contribution in [2.24, 2.45) is 0 Å². The zero-order valence-electron chi connectivity index (χ0n) is 7.42. The van der Waals surface area contributed by atoms with E-state index in [-0.39, 0.29) is 11.9 Å². The third-order valence-electron chi connectivity index (χ3n) is 1.67. The number of hydrogen-bond acceptors (Lipinski definition) is 2. The Morgan fingerprint density at radius 1 is 1.77 bits per heavy atom. The first-order valence-corrected chi connectivity index (χ1v) is 5.25. The predicted molar refractivity (Wildman–Crippen MR) is 53.7 cm³/mol. The fourth-order valence-corrected chi connectivity index (χ4v) is 1.37. The molecule has 0 aromatic carbocycles. The number of halogens is 1. The summed E-state index contributed by atoms with van der Waals surface area (Å²) < 4.78 is 5.15. The first-order valence-electron chi connectivity index (χ1n) is 4.12. The van der Waals surface area contributed by atoms with Gasteiger partial charge in [-0.25, -0.2) is 0 Å². The van der Waals surface area contributed by atoms with Crippen LogP contribution in [-0.2, 0) is 4.79 Å². The summed E-state index contributed by atoms with van der Waals surface area (Å²) in [5, 5.41) is 3.50. The van der Waals surface area contributed by atoms with Crippen LogP contribution in [0.2, 0.25) is 0 Å². The summed E-state index contributed by atoms with van der Waals surface area (Å²) in [6.07, 6.45) is 2.09. The van der Waals surface area contributed by atoms with Gasteiger partial charge in [-0.05, 0) is 19.1 Å². The summed E-state index contributed by atoms with van der Waals surface area (Å²) in [4.78, 5) is 11.2. The largest absolute Gasteiger partial charge is 0.467 e. The molecule has 13 heavy (non-hydrogen) atoms. The molecule has 1 amide bonds. The van der Waals surface area contributed by atoms with E-state index in [1.165, 1.54) is 0 Å². The maximum Gasteiger partial charge on any atom is 0.221 e. The number of hydrogen-bond donors (Lipinski definition) is 1. The first kappa shape index (κ1) is 10.3. The van der Waals surface area contributed by atoms with Crippen molar-refractivity contribution >= 4 is 21.8 Å². The minimum atomic E-state index is -0.0541. The monoisotopic (exact) mass is 245 g/mol. The van der Waals surface area contributed by atoms with Crippen LogP contribution < -0.4 is 5.32 Å². The minimum Gasteiger partial charge on any atom is -0.467 e. The topological polar surface area (TPSA) is 42.2 Å². The molecule has 0 unspecified atom stereocenters. The molecule has 1 aromatic heterocycles. The molecule has 0 radical (unpaired) electrons. The molecule has 0 saturated heterocycles. The zero-order valence-corrected chi connectivity index (χ0v) is 9.00. The van der Waals surface area contributed by atoms with Crippen LogP contribution >= 0.6 is 15.9 Å². The Morgan fingerprint density at radius 2 is 2.54 bits per heavy atom. The summed E-state index contributed by atoms with van der Waals surface area (Å²) in [5.74, 6) is 0.809. The van der Waals surface area contributed by atoms with E-state index in [0.29, 0.717) is 11.8 Å². The van der Waals surface area contributed by atoms with Gasteiger partial charge in [-0.3, -0.25) is 4.79 Å². The molecule has 1 heterocycles. The highest BCUT2D eigenvalue weighted by Gasteiger charge is 2.10. The van der Waals surface area contributed by atoms with E-state index in [4.69, 9.17) is 4.42 Å². The summed E-state index contributed by atoms with van der Waals surface area (Å²) in [6, 6.07) is 3.60. The van der Waals surface area contributed by atoms with Crippen molar-refractivity contribution in [1.82, 2.24) is 5.32 Å². The smallest absolute Gasteiger partial charge is 0.221 e. The highest BCUT2D eigenvalue weighted by atomic mass is 79.9. The van der Waals surface area contributed by atoms with E-state index in [9.17, 15) is 4.79 Å². The van der Waals surface area contributed by atoms with Gasteiger partial charge in [0, 0.05) is 11.8 Å². The maximum absolute atomic E-state index is 11.2. The number of carbonyl (C=O) groups is 1. The van der Waals surface area contributed by atoms with Crippen LogP contribution in [0.5, 0.6) is 0 Å². The molecule has 3 nitrogen and oxygen atoms in total. The molecular weight excluding hydrogens is 234 g/mol. The average molecular weight is 246 g/mol. The highest BCUT2D eigenvalue weighted by Crippen LogP contribution is 2.12. The summed E-state index contributed by atoms with van der Waals surface area (Å²) in [7, 11) is 0. The van der Waals surface area contributed by atoms with Crippen molar-refractivity contribution in [3.63, 3.8) is 0 Å². The van der Waals surface area contributed by atoms with Crippen molar-refractivity contribution in [2.75, 3.05) is 5.33 Å². The molecular formula is C9H12BrNO2. The molecule has 4 heteroatoms. The van der Waals surface area contributed by atoms with Gasteiger partial charge < -0.3 is 9.73 Å². The van der Waals surface area contributed by atoms with Crippen molar-refractivity contribution in [3.05, 3.63) is 24.2 Å². The van der Waals surface area contributed by atoms with Gasteiger partial charge in [-0.2, -0.15) is 0 Å². The SMILES string of the molecule is C[C@H](NC(=O)CCBr)c1ccco1. The molecule has 0 bridgehead atoms. The lowest BCUT2D eigenvalue weighted by atomic mass is 10.2. The first-order chi connectivity index (χ1) is 6.24. The lowest BCUT2D eigenvalue weighted by molar-refractivity contribution is -0.121. The lowest BCUT2D eigenvalue weighted by Crippen LogP contribution is -2.26. The summed E-state index contributed by atoms with van der Waals surface area (Å²) in [5.41, 5.74) is 0. The van der Waals surface area contributed by atoms with Crippen LogP contribution in [-0.4, -0.2) is 11.2 Å². The Hall–Kier alpha value is -0.770. The van der Waals surface area contributed by atoms with Crippen molar-refractivity contribution in [1.29, 1.82) is 0 Å². The molecule has 1 rings (SSSR count). The predicted octanol–water partition coefficient (Wildman–Crippen LogP) is 2.24.